The van der Waals surface area contributed by atoms with Crippen LogP contribution < -0.4 is 26.2 Å². The molecular weight excluding hydrogens is 1170 g/mol. The topological polar surface area (TPSA) is 252 Å². The second kappa shape index (κ2) is 30.9. The highest BCUT2D eigenvalue weighted by atomic mass is 35.5. The monoisotopic (exact) mass is 1250 g/mol. The number of fused-ring (bicyclic) bond motifs is 3. The molecule has 1 atom stereocenters. The fourth-order valence-electron chi connectivity index (χ4n) is 11.0. The molecule has 1 aliphatic rings. The summed E-state index contributed by atoms with van der Waals surface area (Å²) in [7, 11) is 3.78. The summed E-state index contributed by atoms with van der Waals surface area (Å²) in [6.45, 7) is 9.85. The van der Waals surface area contributed by atoms with Gasteiger partial charge in [-0.15, -0.1) is 0 Å². The number of hydrogen-bond donors (Lipinski definition) is 5. The number of hydrogen-bond acceptors (Lipinski definition) is 15. The number of halogens is 1. The number of piperidine rings is 1. The SMILES string of the molecule is Cc1ccc(Oc2nc3cc(-c4ccc5c(ccn5C)c4)c(Cl)cc3[nH]2)cc1C(=O)NCCOCCOCCOCCOCCOCCNC(=O)CNCc1ccc(-c2c3ncn(CC4(O)CCN(C(=O)C[C@@H](C)c5ccccc5)CC4)c(=O)c3nn2C)cc1. The van der Waals surface area contributed by atoms with E-state index in [2.05, 4.69) is 64.8 Å². The quantitative estimate of drug-likeness (QED) is 0.0252. The van der Waals surface area contributed by atoms with Crippen molar-refractivity contribution in [1.29, 1.82) is 0 Å². The number of benzene rings is 5. The zero-order valence-electron chi connectivity index (χ0n) is 51.3. The van der Waals surface area contributed by atoms with E-state index in [9.17, 15) is 24.3 Å². The van der Waals surface area contributed by atoms with Crippen molar-refractivity contribution in [3.63, 3.8) is 0 Å². The smallest absolute Gasteiger partial charge is 0.300 e. The van der Waals surface area contributed by atoms with E-state index in [4.69, 9.17) is 40.0 Å². The normalized spacial score (nSPS) is 13.6. The molecule has 5 aromatic carbocycles. The van der Waals surface area contributed by atoms with Crippen LogP contribution in [0.3, 0.4) is 0 Å². The number of aromatic amines is 1. The van der Waals surface area contributed by atoms with Gasteiger partial charge in [0.05, 0.1) is 113 Å². The van der Waals surface area contributed by atoms with Gasteiger partial charge < -0.3 is 63.9 Å². The van der Waals surface area contributed by atoms with Gasteiger partial charge in [0.2, 0.25) is 11.8 Å². The number of H-pyrrole nitrogens is 1. The van der Waals surface area contributed by atoms with Crippen molar-refractivity contribution in [1.82, 2.24) is 54.7 Å². The minimum atomic E-state index is -1.17. The number of carbonyl (C=O) groups is 3. The lowest BCUT2D eigenvalue weighted by molar-refractivity contribution is -0.136. The van der Waals surface area contributed by atoms with Gasteiger partial charge in [0.1, 0.15) is 11.3 Å². The fraction of sp³-hybridized carbons (Fsp3) is 0.388. The standard InChI is InChI=1S/C67H78ClN11O11/c1-45-10-16-52(90-66-73-56-39-54(55(68)40-57(56)74-66)50-15-17-58-51(37-50)18-23-76(58)3)38-53(45)64(82)71-22-27-86-29-31-88-33-35-89-34-32-87-30-28-85-26-21-70-59(80)42-69-41-47-11-13-49(14-12-47)63-61-62(75-77(63)4)65(83)79(44-72-61)43-67(84)19-24-78(25-20-67)60(81)36-46(2)48-8-6-5-7-9-48/h5-18,23,37-40,44,46,69,84H,19-22,24-36,41-43H2,1-4H3,(H,70,80)(H,71,82)(H,73,74)/t46-/m1/s1. The lowest BCUT2D eigenvalue weighted by atomic mass is 9.90. The molecule has 474 valence electrons. The second-order valence-electron chi connectivity index (χ2n) is 22.6. The van der Waals surface area contributed by atoms with Crippen LogP contribution in [-0.2, 0) is 60.5 Å². The molecule has 0 spiro atoms. The summed E-state index contributed by atoms with van der Waals surface area (Å²) in [4.78, 5) is 66.7. The summed E-state index contributed by atoms with van der Waals surface area (Å²) >= 11 is 6.74. The van der Waals surface area contributed by atoms with Crippen molar-refractivity contribution >= 4 is 62.3 Å². The number of aliphatic hydroxyl groups is 1. The summed E-state index contributed by atoms with van der Waals surface area (Å²) in [6, 6.07) is 35.4. The van der Waals surface area contributed by atoms with Crippen molar-refractivity contribution in [2.75, 3.05) is 98.8 Å². The third kappa shape index (κ3) is 16.9. The summed E-state index contributed by atoms with van der Waals surface area (Å²) in [5.41, 5.74) is 8.45. The van der Waals surface area contributed by atoms with Gasteiger partial charge in [-0.25, -0.2) is 4.98 Å². The zero-order valence-corrected chi connectivity index (χ0v) is 52.1. The third-order valence-corrected chi connectivity index (χ3v) is 16.3. The number of amides is 3. The average Bonchev–Trinajstić information content (AvgIpc) is 1.84. The number of aromatic nitrogens is 7. The largest absolute Gasteiger partial charge is 0.426 e. The number of likely N-dealkylation sites (tertiary alicyclic amines) is 1. The van der Waals surface area contributed by atoms with Gasteiger partial charge in [-0.05, 0) is 90.4 Å². The molecule has 0 unspecified atom stereocenters. The van der Waals surface area contributed by atoms with Crippen LogP contribution >= 0.6 is 11.6 Å². The molecule has 10 rings (SSSR count). The van der Waals surface area contributed by atoms with E-state index in [1.807, 2.05) is 99.9 Å². The van der Waals surface area contributed by atoms with E-state index in [1.54, 1.807) is 28.8 Å². The Hall–Kier alpha value is -8.32. The Bertz CT molecular complexity index is 3950. The van der Waals surface area contributed by atoms with Crippen molar-refractivity contribution in [3.05, 3.63) is 159 Å². The lowest BCUT2D eigenvalue weighted by Gasteiger charge is -2.38. The first kappa shape index (κ1) is 64.7. The Balaban J connectivity index is 0.520. The van der Waals surface area contributed by atoms with Crippen molar-refractivity contribution in [2.24, 2.45) is 14.1 Å². The van der Waals surface area contributed by atoms with E-state index in [1.165, 1.54) is 10.9 Å². The van der Waals surface area contributed by atoms with Crippen LogP contribution in [0.1, 0.15) is 59.2 Å². The highest BCUT2D eigenvalue weighted by molar-refractivity contribution is 6.34. The summed E-state index contributed by atoms with van der Waals surface area (Å²) in [5, 5.41) is 26.7. The Morgan fingerprint density at radius 2 is 1.43 bits per heavy atom. The van der Waals surface area contributed by atoms with Crippen molar-refractivity contribution < 1.29 is 47.9 Å². The number of ether oxygens (including phenoxy) is 6. The maximum atomic E-state index is 13.7. The first-order valence-corrected chi connectivity index (χ1v) is 30.8. The molecule has 4 aromatic heterocycles. The lowest BCUT2D eigenvalue weighted by Crippen LogP contribution is -2.49. The first-order chi connectivity index (χ1) is 43.7. The second-order valence-corrected chi connectivity index (χ2v) is 23.0. The maximum absolute atomic E-state index is 13.7. The van der Waals surface area contributed by atoms with Gasteiger partial charge in [0, 0.05) is 87.0 Å². The zero-order chi connectivity index (χ0) is 63.0. The molecule has 22 nitrogen and oxygen atoms in total. The Morgan fingerprint density at radius 3 is 2.13 bits per heavy atom. The van der Waals surface area contributed by atoms with E-state index in [0.717, 1.165) is 49.8 Å². The molecule has 1 fully saturated rings. The molecule has 90 heavy (non-hydrogen) atoms. The molecule has 5 heterocycles. The van der Waals surface area contributed by atoms with Crippen LogP contribution in [0.25, 0.3) is 55.4 Å². The van der Waals surface area contributed by atoms with Crippen LogP contribution in [0.2, 0.25) is 5.02 Å². The Morgan fingerprint density at radius 1 is 0.767 bits per heavy atom. The molecule has 1 saturated heterocycles. The number of carbonyl (C=O) groups excluding carboxylic acids is 3. The highest BCUT2D eigenvalue weighted by Gasteiger charge is 2.35. The average molecular weight is 1250 g/mol. The Kier molecular flexibility index (Phi) is 22.2. The molecule has 23 heteroatoms. The predicted molar refractivity (Wildman–Crippen MR) is 344 cm³/mol. The number of rotatable bonds is 32. The molecule has 5 N–H and O–H groups in total. The van der Waals surface area contributed by atoms with Crippen LogP contribution in [0.5, 0.6) is 11.8 Å². The number of nitrogens with one attached hydrogen (secondary N) is 4. The van der Waals surface area contributed by atoms with E-state index in [-0.39, 0.29) is 53.8 Å². The minimum Gasteiger partial charge on any atom is -0.426 e. The van der Waals surface area contributed by atoms with Gasteiger partial charge in [-0.3, -0.25) is 28.4 Å². The van der Waals surface area contributed by atoms with E-state index in [0.29, 0.717) is 151 Å². The van der Waals surface area contributed by atoms with Gasteiger partial charge >= 0.3 is 0 Å². The van der Waals surface area contributed by atoms with Crippen molar-refractivity contribution in [3.8, 4) is 34.1 Å². The molecule has 9 aromatic rings. The fourth-order valence-corrected chi connectivity index (χ4v) is 11.2. The first-order valence-electron chi connectivity index (χ1n) is 30.4. The molecule has 3 amide bonds. The number of imidazole rings is 1. The van der Waals surface area contributed by atoms with Crippen LogP contribution in [-0.4, -0.2) is 166 Å². The maximum Gasteiger partial charge on any atom is 0.300 e. The Labute approximate surface area is 526 Å². The number of nitrogens with zero attached hydrogens (tertiary/aromatic N) is 7. The van der Waals surface area contributed by atoms with Crippen LogP contribution in [0, 0.1) is 6.92 Å². The van der Waals surface area contributed by atoms with E-state index < -0.39 is 5.60 Å². The summed E-state index contributed by atoms with van der Waals surface area (Å²) in [5.74, 6) is 0.208. The minimum absolute atomic E-state index is 0.0524. The van der Waals surface area contributed by atoms with E-state index >= 15 is 0 Å². The molecule has 0 bridgehead atoms. The predicted octanol–water partition coefficient (Wildman–Crippen LogP) is 7.85. The number of aryl methyl sites for hydroxylation is 3. The molecule has 1 aliphatic heterocycles. The van der Waals surface area contributed by atoms with Gasteiger partial charge in [0.25, 0.3) is 17.5 Å². The van der Waals surface area contributed by atoms with Crippen LogP contribution in [0.15, 0.2) is 127 Å². The van der Waals surface area contributed by atoms with Gasteiger partial charge in [-0.1, -0.05) is 85.3 Å². The summed E-state index contributed by atoms with van der Waals surface area (Å²) in [6.07, 6.45) is 4.59. The van der Waals surface area contributed by atoms with Crippen molar-refractivity contribution in [2.45, 2.75) is 57.7 Å². The third-order valence-electron chi connectivity index (χ3n) is 16.0. The molecule has 0 saturated carbocycles. The van der Waals surface area contributed by atoms with Crippen LogP contribution in [0.4, 0.5) is 0 Å². The highest BCUT2D eigenvalue weighted by Crippen LogP contribution is 2.35. The molecule has 0 radical (unpaired) electrons. The van der Waals surface area contributed by atoms with Gasteiger partial charge in [0.15, 0.2) is 5.52 Å². The van der Waals surface area contributed by atoms with Gasteiger partial charge in [-0.2, -0.15) is 10.1 Å². The molecule has 0 aliphatic carbocycles. The summed E-state index contributed by atoms with van der Waals surface area (Å²) < 4.78 is 39.2. The molecular formula is C67H78ClN11O11.